The standard InChI is InChI=1S/C20H21ClN4OS2/c1-24-8-10-25(11-9-24)17-7-6-14(21)12-16(17)22-19(26)13-27-20-23-15-4-2-3-5-18(15)28-20/h2-7,12H,8-11,13H2,1H3,(H,22,26). The van der Waals surface area contributed by atoms with Crippen molar-refractivity contribution in [1.29, 1.82) is 0 Å². The molecule has 5 nitrogen and oxygen atoms in total. The summed E-state index contributed by atoms with van der Waals surface area (Å²) in [7, 11) is 2.13. The SMILES string of the molecule is CN1CCN(c2ccc(Cl)cc2NC(=O)CSc2nc3ccccc3s2)CC1. The van der Waals surface area contributed by atoms with E-state index in [9.17, 15) is 4.79 Å². The number of benzene rings is 2. The van der Waals surface area contributed by atoms with E-state index < -0.39 is 0 Å². The Hall–Kier alpha value is -1.80. The normalized spacial score (nSPS) is 15.1. The zero-order valence-corrected chi connectivity index (χ0v) is 17.9. The Morgan fingerprint density at radius 1 is 1.21 bits per heavy atom. The number of halogens is 1. The van der Waals surface area contributed by atoms with Gasteiger partial charge in [0.15, 0.2) is 4.34 Å². The molecule has 0 unspecified atom stereocenters. The number of fused-ring (bicyclic) bond motifs is 1. The van der Waals surface area contributed by atoms with Crippen molar-refractivity contribution in [1.82, 2.24) is 9.88 Å². The molecule has 0 aliphatic carbocycles. The van der Waals surface area contributed by atoms with Gasteiger partial charge < -0.3 is 15.1 Å². The number of amides is 1. The van der Waals surface area contributed by atoms with Crippen LogP contribution in [-0.4, -0.2) is 54.8 Å². The third-order valence-corrected chi connectivity index (χ3v) is 7.09. The maximum Gasteiger partial charge on any atom is 0.234 e. The number of nitrogens with zero attached hydrogens (tertiary/aromatic N) is 3. The van der Waals surface area contributed by atoms with Crippen LogP contribution in [0.25, 0.3) is 10.2 Å². The second kappa shape index (κ2) is 8.69. The van der Waals surface area contributed by atoms with E-state index in [1.165, 1.54) is 11.8 Å². The molecule has 1 aliphatic heterocycles. The molecule has 1 fully saturated rings. The highest BCUT2D eigenvalue weighted by Gasteiger charge is 2.18. The zero-order valence-electron chi connectivity index (χ0n) is 15.5. The molecule has 1 aromatic heterocycles. The predicted molar refractivity (Wildman–Crippen MR) is 120 cm³/mol. The van der Waals surface area contributed by atoms with E-state index in [0.29, 0.717) is 10.8 Å². The van der Waals surface area contributed by atoms with Gasteiger partial charge in [-0.15, -0.1) is 11.3 Å². The van der Waals surface area contributed by atoms with Crippen LogP contribution >= 0.6 is 34.7 Å². The van der Waals surface area contributed by atoms with Gasteiger partial charge in [0.1, 0.15) is 0 Å². The topological polar surface area (TPSA) is 48.5 Å². The van der Waals surface area contributed by atoms with Gasteiger partial charge >= 0.3 is 0 Å². The summed E-state index contributed by atoms with van der Waals surface area (Å²) in [5, 5.41) is 3.66. The Morgan fingerprint density at radius 3 is 2.79 bits per heavy atom. The number of carbonyl (C=O) groups is 1. The van der Waals surface area contributed by atoms with Crippen LogP contribution < -0.4 is 10.2 Å². The van der Waals surface area contributed by atoms with Crippen LogP contribution in [-0.2, 0) is 4.79 Å². The molecule has 1 amide bonds. The number of rotatable bonds is 5. The van der Waals surface area contributed by atoms with Crippen LogP contribution in [0.15, 0.2) is 46.8 Å². The van der Waals surface area contributed by atoms with Gasteiger partial charge in [-0.25, -0.2) is 4.98 Å². The first kappa shape index (κ1) is 19.5. The number of aromatic nitrogens is 1. The molecule has 1 N–H and O–H groups in total. The third-order valence-electron chi connectivity index (χ3n) is 4.68. The van der Waals surface area contributed by atoms with Crippen molar-refractivity contribution < 1.29 is 4.79 Å². The van der Waals surface area contributed by atoms with Crippen LogP contribution in [0, 0.1) is 0 Å². The summed E-state index contributed by atoms with van der Waals surface area (Å²) in [5.41, 5.74) is 2.77. The number of hydrogen-bond donors (Lipinski definition) is 1. The Balaban J connectivity index is 1.42. The van der Waals surface area contributed by atoms with Crippen LogP contribution in [0.1, 0.15) is 0 Å². The van der Waals surface area contributed by atoms with Crippen molar-refractivity contribution in [3.05, 3.63) is 47.5 Å². The van der Waals surface area contributed by atoms with Gasteiger partial charge in [0.25, 0.3) is 0 Å². The molecule has 146 valence electrons. The van der Waals surface area contributed by atoms with Crippen LogP contribution in [0.3, 0.4) is 0 Å². The Labute approximate surface area is 177 Å². The molecule has 2 aromatic carbocycles. The number of likely N-dealkylation sites (N-methyl/N-ethyl adjacent to an activating group) is 1. The quantitative estimate of drug-likeness (QED) is 0.604. The summed E-state index contributed by atoms with van der Waals surface area (Å²) in [4.78, 5) is 21.7. The molecular formula is C20H21ClN4OS2. The average Bonchev–Trinajstić information content (AvgIpc) is 3.11. The first-order chi connectivity index (χ1) is 13.6. The monoisotopic (exact) mass is 432 g/mol. The second-order valence-electron chi connectivity index (χ2n) is 6.74. The van der Waals surface area contributed by atoms with Crippen molar-refractivity contribution in [2.24, 2.45) is 0 Å². The smallest absolute Gasteiger partial charge is 0.234 e. The fourth-order valence-electron chi connectivity index (χ4n) is 3.16. The molecule has 0 bridgehead atoms. The van der Waals surface area contributed by atoms with E-state index in [1.807, 2.05) is 42.5 Å². The van der Waals surface area contributed by atoms with E-state index in [2.05, 4.69) is 27.1 Å². The Bertz CT molecular complexity index is 952. The van der Waals surface area contributed by atoms with Gasteiger partial charge in [-0.2, -0.15) is 0 Å². The minimum absolute atomic E-state index is 0.0538. The van der Waals surface area contributed by atoms with Gasteiger partial charge in [-0.05, 0) is 37.4 Å². The number of thiazole rings is 1. The van der Waals surface area contributed by atoms with Gasteiger partial charge in [0, 0.05) is 31.2 Å². The van der Waals surface area contributed by atoms with Crippen molar-refractivity contribution >= 4 is 62.2 Å². The molecule has 0 radical (unpaired) electrons. The lowest BCUT2D eigenvalue weighted by atomic mass is 10.2. The van der Waals surface area contributed by atoms with E-state index >= 15 is 0 Å². The molecule has 2 heterocycles. The molecule has 0 spiro atoms. The molecular weight excluding hydrogens is 412 g/mol. The number of piperazine rings is 1. The zero-order chi connectivity index (χ0) is 19.5. The maximum absolute atomic E-state index is 12.6. The highest BCUT2D eigenvalue weighted by molar-refractivity contribution is 8.01. The summed E-state index contributed by atoms with van der Waals surface area (Å²) in [6.07, 6.45) is 0. The van der Waals surface area contributed by atoms with Gasteiger partial charge in [0.05, 0.1) is 27.3 Å². The highest BCUT2D eigenvalue weighted by atomic mass is 35.5. The summed E-state index contributed by atoms with van der Waals surface area (Å²) in [6, 6.07) is 13.7. The summed E-state index contributed by atoms with van der Waals surface area (Å²) < 4.78 is 2.04. The van der Waals surface area contributed by atoms with Crippen molar-refractivity contribution in [3.63, 3.8) is 0 Å². The number of nitrogens with one attached hydrogen (secondary N) is 1. The molecule has 28 heavy (non-hydrogen) atoms. The lowest BCUT2D eigenvalue weighted by Gasteiger charge is -2.35. The molecule has 8 heteroatoms. The fraction of sp³-hybridized carbons (Fsp3) is 0.300. The third kappa shape index (κ3) is 4.60. The van der Waals surface area contributed by atoms with Crippen LogP contribution in [0.5, 0.6) is 0 Å². The lowest BCUT2D eigenvalue weighted by Crippen LogP contribution is -2.44. The number of anilines is 2. The molecule has 3 aromatic rings. The average molecular weight is 433 g/mol. The largest absolute Gasteiger partial charge is 0.367 e. The minimum atomic E-state index is -0.0538. The molecule has 1 aliphatic rings. The predicted octanol–water partition coefficient (Wildman–Crippen LogP) is 4.43. The summed E-state index contributed by atoms with van der Waals surface area (Å²) in [6.45, 7) is 3.87. The Morgan fingerprint density at radius 2 is 2.00 bits per heavy atom. The van der Waals surface area contributed by atoms with Crippen LogP contribution in [0.2, 0.25) is 5.02 Å². The summed E-state index contributed by atoms with van der Waals surface area (Å²) in [5.74, 6) is 0.260. The number of thioether (sulfide) groups is 1. The van der Waals surface area contributed by atoms with Crippen molar-refractivity contribution in [2.75, 3.05) is 49.2 Å². The second-order valence-corrected chi connectivity index (χ2v) is 9.43. The molecule has 0 saturated carbocycles. The molecule has 0 atom stereocenters. The first-order valence-electron chi connectivity index (χ1n) is 9.10. The molecule has 1 saturated heterocycles. The van der Waals surface area contributed by atoms with E-state index in [-0.39, 0.29) is 5.91 Å². The maximum atomic E-state index is 12.6. The molecule has 4 rings (SSSR count). The van der Waals surface area contributed by atoms with Gasteiger partial charge in [0.2, 0.25) is 5.91 Å². The number of carbonyl (C=O) groups excluding carboxylic acids is 1. The number of hydrogen-bond acceptors (Lipinski definition) is 6. The lowest BCUT2D eigenvalue weighted by molar-refractivity contribution is -0.113. The minimum Gasteiger partial charge on any atom is -0.367 e. The van der Waals surface area contributed by atoms with Crippen molar-refractivity contribution in [2.45, 2.75) is 4.34 Å². The fourth-order valence-corrected chi connectivity index (χ4v) is 5.20. The van der Waals surface area contributed by atoms with E-state index in [4.69, 9.17) is 11.6 Å². The van der Waals surface area contributed by atoms with E-state index in [1.54, 1.807) is 11.3 Å². The Kier molecular flexibility index (Phi) is 6.06. The summed E-state index contributed by atoms with van der Waals surface area (Å²) >= 11 is 9.26. The first-order valence-corrected chi connectivity index (χ1v) is 11.3. The van der Waals surface area contributed by atoms with Crippen molar-refractivity contribution in [3.8, 4) is 0 Å². The highest BCUT2D eigenvalue weighted by Crippen LogP contribution is 2.32. The number of para-hydroxylation sites is 1. The van der Waals surface area contributed by atoms with Gasteiger partial charge in [-0.1, -0.05) is 35.5 Å². The van der Waals surface area contributed by atoms with Crippen LogP contribution in [0.4, 0.5) is 11.4 Å². The van der Waals surface area contributed by atoms with E-state index in [0.717, 1.165) is 52.1 Å². The van der Waals surface area contributed by atoms with Gasteiger partial charge in [-0.3, -0.25) is 4.79 Å².